The van der Waals surface area contributed by atoms with E-state index in [-0.39, 0.29) is 52.0 Å². The van der Waals surface area contributed by atoms with E-state index in [4.69, 9.17) is 9.47 Å². The summed E-state index contributed by atoms with van der Waals surface area (Å²) < 4.78 is 52.5. The molecule has 2 aliphatic carbocycles. The molecule has 4 aromatic rings. The average Bonchev–Trinajstić information content (AvgIpc) is 3.83. The van der Waals surface area contributed by atoms with Crippen molar-refractivity contribution in [1.29, 1.82) is 0 Å². The summed E-state index contributed by atoms with van der Waals surface area (Å²) >= 11 is 2.63. The highest BCUT2D eigenvalue weighted by Gasteiger charge is 2.69. The molecule has 1 saturated heterocycles. The number of hydrogen-bond acceptors (Lipinski definition) is 8. The Morgan fingerprint density at radius 1 is 0.940 bits per heavy atom. The summed E-state index contributed by atoms with van der Waals surface area (Å²) in [6, 6.07) is 18.8. The molecule has 1 aromatic heterocycles. The lowest BCUT2D eigenvalue weighted by Crippen LogP contribution is -2.42. The van der Waals surface area contributed by atoms with Crippen LogP contribution in [0.15, 0.2) is 82.6 Å². The molecule has 8 rings (SSSR count). The molecule has 2 bridgehead atoms. The standard InChI is InChI=1S/C36H30F3N3O6S2/c1-2-47-24-13-17(11-12-23(24)48-16-25(43)40-19-8-4-3-5-9-19)26-27-21-15-22(30(27)49-32-31(26)50-35(46)41-32)29-28(21)33(44)42(34(29)45)20-10-6-7-18(14-20)36(37,38)39/h3-14,21-22,26-30H,2,15-16H2,1H3,(H,40,43)(H,41,46)/t21?,22?,26-,27?,28?,29?,30?/m1/s1. The van der Waals surface area contributed by atoms with Crippen molar-refractivity contribution >= 4 is 52.2 Å². The zero-order chi connectivity index (χ0) is 34.9. The molecule has 9 nitrogen and oxygen atoms in total. The second-order valence-electron chi connectivity index (χ2n) is 12.9. The molecular weight excluding hydrogens is 692 g/mol. The van der Waals surface area contributed by atoms with E-state index in [1.165, 1.54) is 23.9 Å². The number of imide groups is 1. The first kappa shape index (κ1) is 32.6. The number of carbonyl (C=O) groups is 3. The van der Waals surface area contributed by atoms with Gasteiger partial charge in [-0.2, -0.15) is 13.2 Å². The smallest absolute Gasteiger partial charge is 0.416 e. The van der Waals surface area contributed by atoms with Gasteiger partial charge in [0.05, 0.1) is 34.7 Å². The van der Waals surface area contributed by atoms with Crippen LogP contribution in [0.1, 0.15) is 35.3 Å². The summed E-state index contributed by atoms with van der Waals surface area (Å²) in [6.07, 6.45) is -4.00. The molecule has 7 atom stereocenters. The van der Waals surface area contributed by atoms with Gasteiger partial charge in [0.1, 0.15) is 0 Å². The molecule has 6 unspecified atom stereocenters. The third kappa shape index (κ3) is 5.39. The highest BCUT2D eigenvalue weighted by atomic mass is 32.2. The molecule has 0 spiro atoms. The van der Waals surface area contributed by atoms with Crippen molar-refractivity contribution in [2.45, 2.75) is 35.7 Å². The molecule has 2 N–H and O–H groups in total. The minimum Gasteiger partial charge on any atom is -0.490 e. The van der Waals surface area contributed by atoms with Crippen molar-refractivity contribution < 1.29 is 37.0 Å². The number of thiazole rings is 1. The van der Waals surface area contributed by atoms with E-state index in [0.717, 1.165) is 43.8 Å². The van der Waals surface area contributed by atoms with E-state index in [0.29, 0.717) is 30.2 Å². The molecule has 4 aliphatic rings. The largest absolute Gasteiger partial charge is 0.490 e. The maximum atomic E-state index is 14.0. The Morgan fingerprint density at radius 3 is 2.44 bits per heavy atom. The first-order valence-corrected chi connectivity index (χ1v) is 17.9. The molecule has 3 fully saturated rings. The van der Waals surface area contributed by atoms with Gasteiger partial charge < -0.3 is 19.8 Å². The van der Waals surface area contributed by atoms with Crippen LogP contribution in [0.4, 0.5) is 24.5 Å². The third-order valence-corrected chi connectivity index (χ3v) is 12.8. The van der Waals surface area contributed by atoms with E-state index < -0.39 is 35.4 Å². The lowest BCUT2D eigenvalue weighted by Gasteiger charge is -2.43. The number of anilines is 2. The number of fused-ring (bicyclic) bond motifs is 9. The topological polar surface area (TPSA) is 118 Å². The van der Waals surface area contributed by atoms with Crippen LogP contribution in [0, 0.1) is 29.6 Å². The SMILES string of the molecule is CCOc1cc([C@H]2c3sc(=O)[nH]c3SC3C4CC(C5C(=O)N(c6cccc(C(F)(F)F)c6)C(=O)C45)C32)ccc1OCC(=O)Nc1ccccc1. The summed E-state index contributed by atoms with van der Waals surface area (Å²) in [4.78, 5) is 57.8. The monoisotopic (exact) mass is 721 g/mol. The summed E-state index contributed by atoms with van der Waals surface area (Å²) in [5.74, 6) is -2.74. The van der Waals surface area contributed by atoms with Crippen LogP contribution >= 0.6 is 23.1 Å². The van der Waals surface area contributed by atoms with E-state index in [2.05, 4.69) is 10.3 Å². The van der Waals surface area contributed by atoms with Crippen LogP contribution in [-0.4, -0.2) is 41.2 Å². The van der Waals surface area contributed by atoms with Crippen molar-refractivity contribution in [2.75, 3.05) is 23.4 Å². The van der Waals surface area contributed by atoms with Crippen molar-refractivity contribution in [2.24, 2.45) is 29.6 Å². The summed E-state index contributed by atoms with van der Waals surface area (Å²) in [5.41, 5.74) is 0.467. The fraction of sp³-hybridized carbons (Fsp3) is 0.333. The summed E-state index contributed by atoms with van der Waals surface area (Å²) in [6.45, 7) is 1.90. The van der Waals surface area contributed by atoms with Crippen molar-refractivity contribution in [1.82, 2.24) is 4.98 Å². The van der Waals surface area contributed by atoms with Crippen LogP contribution in [0.5, 0.6) is 11.5 Å². The zero-order valence-electron chi connectivity index (χ0n) is 26.4. The van der Waals surface area contributed by atoms with Gasteiger partial charge in [-0.25, -0.2) is 0 Å². The van der Waals surface area contributed by atoms with Crippen LogP contribution < -0.4 is 24.6 Å². The van der Waals surface area contributed by atoms with Gasteiger partial charge in [0.2, 0.25) is 11.8 Å². The number of ether oxygens (including phenoxy) is 2. The summed E-state index contributed by atoms with van der Waals surface area (Å²) in [7, 11) is 0. The predicted molar refractivity (Wildman–Crippen MR) is 181 cm³/mol. The fourth-order valence-electron chi connectivity index (χ4n) is 8.43. The Morgan fingerprint density at radius 2 is 1.70 bits per heavy atom. The molecule has 258 valence electrons. The molecule has 3 aromatic carbocycles. The van der Waals surface area contributed by atoms with Crippen LogP contribution in [0.2, 0.25) is 0 Å². The number of aromatic nitrogens is 1. The first-order valence-electron chi connectivity index (χ1n) is 16.2. The molecule has 3 amide bonds. The number of amides is 3. The molecule has 50 heavy (non-hydrogen) atoms. The van der Waals surface area contributed by atoms with Gasteiger partial charge in [0, 0.05) is 21.7 Å². The van der Waals surface area contributed by atoms with Crippen LogP contribution in [0.25, 0.3) is 0 Å². The molecule has 2 saturated carbocycles. The number of rotatable bonds is 8. The van der Waals surface area contributed by atoms with Crippen molar-refractivity contribution in [3.8, 4) is 11.5 Å². The highest BCUT2D eigenvalue weighted by molar-refractivity contribution is 8.00. The Kier molecular flexibility index (Phi) is 8.05. The lowest BCUT2D eigenvalue weighted by atomic mass is 9.68. The van der Waals surface area contributed by atoms with Gasteiger partial charge in [0.15, 0.2) is 18.1 Å². The van der Waals surface area contributed by atoms with E-state index in [9.17, 15) is 32.3 Å². The van der Waals surface area contributed by atoms with Gasteiger partial charge >= 0.3 is 11.0 Å². The Bertz CT molecular complexity index is 2070. The second kappa shape index (κ2) is 12.3. The number of nitrogens with one attached hydrogen (secondary N) is 2. The summed E-state index contributed by atoms with van der Waals surface area (Å²) in [5, 5.41) is 3.39. The van der Waals surface area contributed by atoms with Crippen LogP contribution in [-0.2, 0) is 20.6 Å². The normalized spacial score (nSPS) is 26.4. The predicted octanol–water partition coefficient (Wildman–Crippen LogP) is 6.55. The molecule has 14 heteroatoms. The van der Waals surface area contributed by atoms with Crippen LogP contribution in [0.3, 0.4) is 0 Å². The maximum Gasteiger partial charge on any atom is 0.416 e. The number of thioether (sulfide) groups is 1. The Labute approximate surface area is 292 Å². The van der Waals surface area contributed by atoms with Gasteiger partial charge in [-0.3, -0.25) is 24.1 Å². The maximum absolute atomic E-state index is 14.0. The Hall–Kier alpha value is -4.56. The van der Waals surface area contributed by atoms with E-state index >= 15 is 0 Å². The quantitative estimate of drug-likeness (QED) is 0.198. The number of carbonyl (C=O) groups excluding carboxylic acids is 3. The fourth-order valence-corrected chi connectivity index (χ4v) is 11.3. The average molecular weight is 722 g/mol. The van der Waals surface area contributed by atoms with E-state index in [1.807, 2.05) is 37.3 Å². The highest BCUT2D eigenvalue weighted by Crippen LogP contribution is 2.69. The number of hydrogen-bond donors (Lipinski definition) is 2. The molecule has 3 heterocycles. The molecule has 0 radical (unpaired) electrons. The first-order chi connectivity index (χ1) is 24.0. The minimum absolute atomic E-state index is 0.0753. The second-order valence-corrected chi connectivity index (χ2v) is 15.1. The van der Waals surface area contributed by atoms with Crippen molar-refractivity contribution in [3.63, 3.8) is 0 Å². The molecule has 2 aliphatic heterocycles. The number of halogens is 3. The van der Waals surface area contributed by atoms with Gasteiger partial charge in [-0.1, -0.05) is 41.7 Å². The van der Waals surface area contributed by atoms with Gasteiger partial charge in [-0.05, 0) is 79.1 Å². The number of alkyl halides is 3. The third-order valence-electron chi connectivity index (χ3n) is 10.2. The number of para-hydroxylation sites is 1. The number of H-pyrrole nitrogens is 1. The molecular formula is C36H30F3N3O6S2. The lowest BCUT2D eigenvalue weighted by molar-refractivity contribution is -0.137. The van der Waals surface area contributed by atoms with E-state index in [1.54, 1.807) is 18.2 Å². The number of aromatic amines is 1. The van der Waals surface area contributed by atoms with Gasteiger partial charge in [-0.15, -0.1) is 11.8 Å². The van der Waals surface area contributed by atoms with Gasteiger partial charge in [0.25, 0.3) is 5.91 Å². The Balaban J connectivity index is 1.11. The number of nitrogens with zero attached hydrogens (tertiary/aromatic N) is 1. The number of benzene rings is 3. The minimum atomic E-state index is -4.63. The van der Waals surface area contributed by atoms with Crippen molar-refractivity contribution in [3.05, 3.63) is 98.5 Å². The zero-order valence-corrected chi connectivity index (χ0v) is 28.1.